The number of rotatable bonds is 2. The second-order valence-corrected chi connectivity index (χ2v) is 4.27. The number of benzene rings is 1. The van der Waals surface area contributed by atoms with Crippen LogP contribution in [-0.2, 0) is 12.8 Å². The molecule has 3 rings (SSSR count). The van der Waals surface area contributed by atoms with Crippen molar-refractivity contribution in [1.82, 2.24) is 9.97 Å². The van der Waals surface area contributed by atoms with Crippen molar-refractivity contribution in [1.29, 1.82) is 0 Å². The van der Waals surface area contributed by atoms with E-state index in [0.717, 1.165) is 5.69 Å². The maximum Gasteiger partial charge on any atom is 0.229 e. The third-order valence-electron chi connectivity index (χ3n) is 3.03. The molecule has 4 nitrogen and oxygen atoms in total. The van der Waals surface area contributed by atoms with Gasteiger partial charge in [-0.15, -0.1) is 0 Å². The summed E-state index contributed by atoms with van der Waals surface area (Å²) in [6, 6.07) is 8.09. The molecule has 17 heavy (non-hydrogen) atoms. The lowest BCUT2D eigenvalue weighted by Gasteiger charge is -2.07. The number of aryl methyl sites for hydroxylation is 2. The molecule has 1 aliphatic carbocycles. The summed E-state index contributed by atoms with van der Waals surface area (Å²) in [5.74, 6) is 1.02. The summed E-state index contributed by atoms with van der Waals surface area (Å²) in [7, 11) is 0. The van der Waals surface area contributed by atoms with Crippen molar-refractivity contribution >= 4 is 17.5 Å². The summed E-state index contributed by atoms with van der Waals surface area (Å²) in [4.78, 5) is 8.24. The van der Waals surface area contributed by atoms with Crippen molar-refractivity contribution in [3.8, 4) is 0 Å². The van der Waals surface area contributed by atoms with Crippen LogP contribution < -0.4 is 11.1 Å². The van der Waals surface area contributed by atoms with Crippen molar-refractivity contribution in [2.45, 2.75) is 19.3 Å². The highest BCUT2D eigenvalue weighted by molar-refractivity contribution is 5.57. The van der Waals surface area contributed by atoms with Crippen LogP contribution in [0.15, 0.2) is 30.5 Å². The lowest BCUT2D eigenvalue weighted by Crippen LogP contribution is -1.99. The first-order chi connectivity index (χ1) is 8.31. The van der Waals surface area contributed by atoms with Crippen molar-refractivity contribution in [3.05, 3.63) is 41.6 Å². The predicted octanol–water partition coefficient (Wildman–Crippen LogP) is 2.29. The summed E-state index contributed by atoms with van der Waals surface area (Å²) < 4.78 is 0. The van der Waals surface area contributed by atoms with Crippen molar-refractivity contribution in [3.63, 3.8) is 0 Å². The van der Waals surface area contributed by atoms with Gasteiger partial charge in [-0.1, -0.05) is 6.07 Å². The Kier molecular flexibility index (Phi) is 2.40. The summed E-state index contributed by atoms with van der Waals surface area (Å²) >= 11 is 0. The van der Waals surface area contributed by atoms with Crippen LogP contribution in [0.5, 0.6) is 0 Å². The number of hydrogen-bond acceptors (Lipinski definition) is 4. The Morgan fingerprint density at radius 3 is 2.88 bits per heavy atom. The zero-order valence-electron chi connectivity index (χ0n) is 9.48. The molecule has 0 saturated heterocycles. The monoisotopic (exact) mass is 226 g/mol. The molecule has 1 aromatic carbocycles. The molecule has 2 aromatic rings. The van der Waals surface area contributed by atoms with Crippen LogP contribution in [0.4, 0.5) is 17.5 Å². The fraction of sp³-hybridized carbons (Fsp3) is 0.231. The van der Waals surface area contributed by atoms with Gasteiger partial charge in [-0.2, -0.15) is 4.98 Å². The first-order valence-electron chi connectivity index (χ1n) is 5.78. The van der Waals surface area contributed by atoms with E-state index < -0.39 is 0 Å². The Morgan fingerprint density at radius 1 is 1.12 bits per heavy atom. The molecule has 0 unspecified atom stereocenters. The molecule has 1 aromatic heterocycles. The van der Waals surface area contributed by atoms with E-state index >= 15 is 0 Å². The van der Waals surface area contributed by atoms with E-state index in [0.29, 0.717) is 11.8 Å². The SMILES string of the molecule is Nc1ccnc(Nc2ccc3c(c2)CCC3)n1. The maximum atomic E-state index is 5.61. The van der Waals surface area contributed by atoms with Crippen molar-refractivity contribution < 1.29 is 0 Å². The molecule has 1 aliphatic rings. The van der Waals surface area contributed by atoms with Gasteiger partial charge in [0.25, 0.3) is 0 Å². The zero-order chi connectivity index (χ0) is 11.7. The molecule has 1 heterocycles. The van der Waals surface area contributed by atoms with Gasteiger partial charge >= 0.3 is 0 Å². The third-order valence-corrected chi connectivity index (χ3v) is 3.03. The molecule has 0 bridgehead atoms. The molecule has 0 saturated carbocycles. The number of nitrogen functional groups attached to an aromatic ring is 1. The minimum atomic E-state index is 0.476. The van der Waals surface area contributed by atoms with Crippen LogP contribution in [0.2, 0.25) is 0 Å². The quantitative estimate of drug-likeness (QED) is 0.824. The molecule has 0 amide bonds. The van der Waals surface area contributed by atoms with Gasteiger partial charge in [0.15, 0.2) is 0 Å². The van der Waals surface area contributed by atoms with Crippen LogP contribution in [0.25, 0.3) is 0 Å². The van der Waals surface area contributed by atoms with E-state index in [1.165, 1.54) is 30.4 Å². The van der Waals surface area contributed by atoms with Crippen molar-refractivity contribution in [2.75, 3.05) is 11.1 Å². The summed E-state index contributed by atoms with van der Waals surface area (Å²) in [6.07, 6.45) is 5.28. The van der Waals surface area contributed by atoms with Gasteiger partial charge in [-0.3, -0.25) is 0 Å². The smallest absolute Gasteiger partial charge is 0.229 e. The van der Waals surface area contributed by atoms with Gasteiger partial charge in [0.2, 0.25) is 5.95 Å². The lowest BCUT2D eigenvalue weighted by molar-refractivity contribution is 0.912. The Morgan fingerprint density at radius 2 is 2.00 bits per heavy atom. The molecule has 0 aliphatic heterocycles. The Balaban J connectivity index is 1.86. The second kappa shape index (κ2) is 4.05. The summed E-state index contributed by atoms with van der Waals surface area (Å²) in [6.45, 7) is 0. The summed E-state index contributed by atoms with van der Waals surface area (Å²) in [5, 5.41) is 3.17. The largest absolute Gasteiger partial charge is 0.384 e. The standard InChI is InChI=1S/C13H14N4/c14-12-6-7-15-13(17-12)16-11-5-4-9-2-1-3-10(9)8-11/h4-8H,1-3H2,(H3,14,15,16,17). The lowest BCUT2D eigenvalue weighted by atomic mass is 10.1. The molecule has 0 atom stereocenters. The number of anilines is 3. The highest BCUT2D eigenvalue weighted by atomic mass is 15.1. The maximum absolute atomic E-state index is 5.61. The number of nitrogens with one attached hydrogen (secondary N) is 1. The molecular weight excluding hydrogens is 212 g/mol. The van der Waals surface area contributed by atoms with Gasteiger partial charge in [-0.25, -0.2) is 4.98 Å². The fourth-order valence-electron chi connectivity index (χ4n) is 2.21. The van der Waals surface area contributed by atoms with Gasteiger partial charge in [-0.05, 0) is 48.6 Å². The second-order valence-electron chi connectivity index (χ2n) is 4.27. The minimum Gasteiger partial charge on any atom is -0.384 e. The van der Waals surface area contributed by atoms with Crippen LogP contribution >= 0.6 is 0 Å². The molecule has 0 radical (unpaired) electrons. The summed E-state index contributed by atoms with van der Waals surface area (Å²) in [5.41, 5.74) is 9.53. The van der Waals surface area contributed by atoms with Gasteiger partial charge in [0, 0.05) is 11.9 Å². The van der Waals surface area contributed by atoms with E-state index in [9.17, 15) is 0 Å². The Bertz CT molecular complexity index is 551. The van der Waals surface area contributed by atoms with Gasteiger partial charge in [0.1, 0.15) is 5.82 Å². The van der Waals surface area contributed by atoms with Crippen LogP contribution in [0.3, 0.4) is 0 Å². The zero-order valence-corrected chi connectivity index (χ0v) is 9.48. The van der Waals surface area contributed by atoms with E-state index in [-0.39, 0.29) is 0 Å². The first-order valence-corrected chi connectivity index (χ1v) is 5.78. The van der Waals surface area contributed by atoms with Gasteiger partial charge in [0.05, 0.1) is 0 Å². The molecule has 3 N–H and O–H groups in total. The van der Waals surface area contributed by atoms with E-state index in [4.69, 9.17) is 5.73 Å². The van der Waals surface area contributed by atoms with Crippen LogP contribution in [0, 0.1) is 0 Å². The number of nitrogens with zero attached hydrogens (tertiary/aromatic N) is 2. The fourth-order valence-corrected chi connectivity index (χ4v) is 2.21. The normalized spacial score (nSPS) is 13.4. The Labute approximate surface area is 99.9 Å². The number of fused-ring (bicyclic) bond motifs is 1. The van der Waals surface area contributed by atoms with Crippen LogP contribution in [0.1, 0.15) is 17.5 Å². The molecule has 0 spiro atoms. The minimum absolute atomic E-state index is 0.476. The average molecular weight is 226 g/mol. The molecule has 0 fully saturated rings. The highest BCUT2D eigenvalue weighted by Crippen LogP contribution is 2.25. The predicted molar refractivity (Wildman–Crippen MR) is 68.2 cm³/mol. The molecule has 4 heteroatoms. The number of hydrogen-bond donors (Lipinski definition) is 2. The average Bonchev–Trinajstić information content (AvgIpc) is 2.76. The van der Waals surface area contributed by atoms with Crippen LogP contribution in [-0.4, -0.2) is 9.97 Å². The van der Waals surface area contributed by atoms with E-state index in [1.807, 2.05) is 0 Å². The van der Waals surface area contributed by atoms with Crippen molar-refractivity contribution in [2.24, 2.45) is 0 Å². The van der Waals surface area contributed by atoms with Gasteiger partial charge < -0.3 is 11.1 Å². The first kappa shape index (κ1) is 10.1. The Hall–Kier alpha value is -2.10. The highest BCUT2D eigenvalue weighted by Gasteiger charge is 2.10. The number of nitrogens with two attached hydrogens (primary N) is 1. The molecule has 86 valence electrons. The molecular formula is C13H14N4. The van der Waals surface area contributed by atoms with E-state index in [1.54, 1.807) is 12.3 Å². The van der Waals surface area contributed by atoms with E-state index in [2.05, 4.69) is 33.5 Å². The number of aromatic nitrogens is 2. The third kappa shape index (κ3) is 2.06. The topological polar surface area (TPSA) is 63.8 Å².